The van der Waals surface area contributed by atoms with Crippen molar-refractivity contribution in [2.75, 3.05) is 0 Å². The van der Waals surface area contributed by atoms with Gasteiger partial charge in [-0.3, -0.25) is 0 Å². The summed E-state index contributed by atoms with van der Waals surface area (Å²) in [6.45, 7) is 0. The lowest BCUT2D eigenvalue weighted by Crippen LogP contribution is -2.43. The van der Waals surface area contributed by atoms with Gasteiger partial charge < -0.3 is 5.11 Å². The summed E-state index contributed by atoms with van der Waals surface area (Å²) in [5, 5.41) is 9.10. The Balaban J connectivity index is 1.69. The molecule has 5 rings (SSSR count). The third-order valence-electron chi connectivity index (χ3n) is 5.61. The number of hydrogen-bond acceptors (Lipinski definition) is 2. The molecule has 0 aromatic carbocycles. The summed E-state index contributed by atoms with van der Waals surface area (Å²) in [5.41, 5.74) is 1.42. The van der Waals surface area contributed by atoms with E-state index in [2.05, 4.69) is 4.98 Å². The molecular formula is C16H19NO2. The first-order valence-corrected chi connectivity index (χ1v) is 7.40. The molecule has 4 bridgehead atoms. The van der Waals surface area contributed by atoms with Crippen LogP contribution < -0.4 is 0 Å². The Morgan fingerprint density at radius 2 is 1.74 bits per heavy atom. The van der Waals surface area contributed by atoms with E-state index in [1.54, 1.807) is 6.20 Å². The first-order valence-electron chi connectivity index (χ1n) is 7.40. The minimum absolute atomic E-state index is 0.200. The van der Waals surface area contributed by atoms with Gasteiger partial charge in [-0.2, -0.15) is 0 Å². The zero-order valence-electron chi connectivity index (χ0n) is 11.0. The highest BCUT2D eigenvalue weighted by Crippen LogP contribution is 2.59. The SMILES string of the molecule is O=C(O)c1cc(C2C3CC4CC(C3)CC2C4)ccn1. The maximum absolute atomic E-state index is 11.1. The highest BCUT2D eigenvalue weighted by Gasteiger charge is 2.48. The molecule has 4 saturated carbocycles. The molecule has 1 aromatic heterocycles. The van der Waals surface area contributed by atoms with Crippen LogP contribution in [0.4, 0.5) is 0 Å². The van der Waals surface area contributed by atoms with E-state index in [-0.39, 0.29) is 5.69 Å². The number of pyridine rings is 1. The first-order chi connectivity index (χ1) is 9.20. The van der Waals surface area contributed by atoms with Gasteiger partial charge in [0, 0.05) is 6.20 Å². The van der Waals surface area contributed by atoms with E-state index in [1.807, 2.05) is 12.1 Å². The van der Waals surface area contributed by atoms with Crippen LogP contribution in [0.15, 0.2) is 18.3 Å². The van der Waals surface area contributed by atoms with Crippen molar-refractivity contribution in [3.63, 3.8) is 0 Å². The van der Waals surface area contributed by atoms with Crippen LogP contribution in [0.3, 0.4) is 0 Å². The number of carboxylic acid groups (broad SMARTS) is 1. The normalized spacial score (nSPS) is 39.5. The number of carbonyl (C=O) groups is 1. The number of aromatic nitrogens is 1. The van der Waals surface area contributed by atoms with Crippen molar-refractivity contribution in [3.05, 3.63) is 29.6 Å². The summed E-state index contributed by atoms with van der Waals surface area (Å²) in [4.78, 5) is 15.0. The zero-order valence-corrected chi connectivity index (χ0v) is 11.0. The van der Waals surface area contributed by atoms with Crippen molar-refractivity contribution in [2.45, 2.75) is 38.0 Å². The van der Waals surface area contributed by atoms with Crippen LogP contribution in [0.2, 0.25) is 0 Å². The van der Waals surface area contributed by atoms with Gasteiger partial charge >= 0.3 is 5.97 Å². The second kappa shape index (κ2) is 4.06. The second-order valence-electron chi connectivity index (χ2n) is 6.74. The number of aromatic carboxylic acids is 1. The van der Waals surface area contributed by atoms with Gasteiger partial charge in [-0.1, -0.05) is 0 Å². The fourth-order valence-corrected chi connectivity index (χ4v) is 5.24. The predicted molar refractivity (Wildman–Crippen MR) is 71.0 cm³/mol. The summed E-state index contributed by atoms with van der Waals surface area (Å²) >= 11 is 0. The molecule has 19 heavy (non-hydrogen) atoms. The largest absolute Gasteiger partial charge is 0.477 e. The maximum atomic E-state index is 11.1. The molecule has 3 nitrogen and oxygen atoms in total. The van der Waals surface area contributed by atoms with Gasteiger partial charge in [0.1, 0.15) is 5.69 Å². The quantitative estimate of drug-likeness (QED) is 0.884. The first kappa shape index (κ1) is 11.4. The number of hydrogen-bond donors (Lipinski definition) is 1. The number of carboxylic acids is 1. The Labute approximate surface area is 113 Å². The average Bonchev–Trinajstić information content (AvgIpc) is 2.37. The van der Waals surface area contributed by atoms with Crippen LogP contribution in [0.5, 0.6) is 0 Å². The van der Waals surface area contributed by atoms with Crippen molar-refractivity contribution in [3.8, 4) is 0 Å². The highest BCUT2D eigenvalue weighted by atomic mass is 16.4. The Morgan fingerprint density at radius 1 is 1.11 bits per heavy atom. The second-order valence-corrected chi connectivity index (χ2v) is 6.74. The van der Waals surface area contributed by atoms with E-state index < -0.39 is 5.97 Å². The Morgan fingerprint density at radius 3 is 2.32 bits per heavy atom. The van der Waals surface area contributed by atoms with E-state index in [1.165, 1.54) is 37.7 Å². The Hall–Kier alpha value is -1.38. The fraction of sp³-hybridized carbons (Fsp3) is 0.625. The molecule has 3 heteroatoms. The van der Waals surface area contributed by atoms with Gasteiger partial charge in [0.25, 0.3) is 0 Å². The molecule has 1 aromatic rings. The van der Waals surface area contributed by atoms with Crippen LogP contribution in [-0.2, 0) is 0 Å². The van der Waals surface area contributed by atoms with Crippen molar-refractivity contribution in [1.82, 2.24) is 4.98 Å². The molecule has 4 aliphatic carbocycles. The van der Waals surface area contributed by atoms with Crippen LogP contribution >= 0.6 is 0 Å². The van der Waals surface area contributed by atoms with Gasteiger partial charge in [0.2, 0.25) is 0 Å². The summed E-state index contributed by atoms with van der Waals surface area (Å²) in [7, 11) is 0. The van der Waals surface area contributed by atoms with Crippen molar-refractivity contribution in [1.29, 1.82) is 0 Å². The van der Waals surface area contributed by atoms with E-state index in [4.69, 9.17) is 5.11 Å². The number of rotatable bonds is 2. The lowest BCUT2D eigenvalue weighted by atomic mass is 9.51. The monoisotopic (exact) mass is 257 g/mol. The molecule has 4 fully saturated rings. The molecule has 0 saturated heterocycles. The molecule has 0 aliphatic heterocycles. The molecule has 100 valence electrons. The molecule has 0 amide bonds. The molecule has 4 aliphatic rings. The highest BCUT2D eigenvalue weighted by molar-refractivity contribution is 5.85. The summed E-state index contributed by atoms with van der Waals surface area (Å²) in [6.07, 6.45) is 8.58. The van der Waals surface area contributed by atoms with Gasteiger partial charge in [0.15, 0.2) is 0 Å². The van der Waals surface area contributed by atoms with Crippen molar-refractivity contribution >= 4 is 5.97 Å². The lowest BCUT2D eigenvalue weighted by Gasteiger charge is -2.54. The van der Waals surface area contributed by atoms with Gasteiger partial charge in [0.05, 0.1) is 0 Å². The van der Waals surface area contributed by atoms with Gasteiger partial charge in [-0.15, -0.1) is 0 Å². The van der Waals surface area contributed by atoms with Crippen LogP contribution in [0.25, 0.3) is 0 Å². The van der Waals surface area contributed by atoms with Crippen LogP contribution in [0, 0.1) is 23.7 Å². The molecule has 0 radical (unpaired) electrons. The third kappa shape index (κ3) is 1.78. The minimum atomic E-state index is -0.911. The van der Waals surface area contributed by atoms with Gasteiger partial charge in [-0.05, 0) is 79.4 Å². The van der Waals surface area contributed by atoms with Gasteiger partial charge in [-0.25, -0.2) is 9.78 Å². The molecule has 1 heterocycles. The van der Waals surface area contributed by atoms with E-state index >= 15 is 0 Å². The zero-order chi connectivity index (χ0) is 13.0. The van der Waals surface area contributed by atoms with Crippen LogP contribution in [0.1, 0.15) is 54.1 Å². The number of nitrogens with zero attached hydrogens (tertiary/aromatic N) is 1. The average molecular weight is 257 g/mol. The Kier molecular flexibility index (Phi) is 2.44. The maximum Gasteiger partial charge on any atom is 0.354 e. The minimum Gasteiger partial charge on any atom is -0.477 e. The third-order valence-corrected chi connectivity index (χ3v) is 5.61. The summed E-state index contributed by atoms with van der Waals surface area (Å²) in [6, 6.07) is 3.86. The standard InChI is InChI=1S/C16H19NO2/c18-16(19)14-8-11(1-2-17-14)15-12-4-9-3-10(6-12)7-13(15)5-9/h1-2,8-10,12-13,15H,3-7H2,(H,18,19). The predicted octanol–water partition coefficient (Wildman–Crippen LogP) is 3.32. The molecule has 1 N–H and O–H groups in total. The molecule has 0 atom stereocenters. The topological polar surface area (TPSA) is 50.2 Å². The lowest BCUT2D eigenvalue weighted by molar-refractivity contribution is -0.00285. The van der Waals surface area contributed by atoms with E-state index in [0.717, 1.165) is 23.7 Å². The van der Waals surface area contributed by atoms with Crippen LogP contribution in [-0.4, -0.2) is 16.1 Å². The molecular weight excluding hydrogens is 238 g/mol. The van der Waals surface area contributed by atoms with E-state index in [9.17, 15) is 4.79 Å². The molecule has 0 unspecified atom stereocenters. The van der Waals surface area contributed by atoms with Crippen molar-refractivity contribution in [2.24, 2.45) is 23.7 Å². The summed E-state index contributed by atoms with van der Waals surface area (Å²) < 4.78 is 0. The fourth-order valence-electron chi connectivity index (χ4n) is 5.24. The Bertz CT molecular complexity index is 497. The van der Waals surface area contributed by atoms with E-state index in [0.29, 0.717) is 5.92 Å². The summed E-state index contributed by atoms with van der Waals surface area (Å²) in [5.74, 6) is 3.18. The van der Waals surface area contributed by atoms with Crippen molar-refractivity contribution < 1.29 is 9.90 Å². The smallest absolute Gasteiger partial charge is 0.354 e. The molecule has 0 spiro atoms.